The summed E-state index contributed by atoms with van der Waals surface area (Å²) in [4.78, 5) is 19.8. The summed E-state index contributed by atoms with van der Waals surface area (Å²) in [5.41, 5.74) is 0.940. The Morgan fingerprint density at radius 1 is 1.00 bits per heavy atom. The molecular weight excluding hydrogens is 272 g/mol. The van der Waals surface area contributed by atoms with Crippen LogP contribution in [0.5, 0.6) is 0 Å². The van der Waals surface area contributed by atoms with Gasteiger partial charge in [-0.1, -0.05) is 23.9 Å². The quantitative estimate of drug-likeness (QED) is 0.796. The molecule has 0 saturated carbocycles. The predicted octanol–water partition coefficient (Wildman–Crippen LogP) is 3.48. The minimum absolute atomic E-state index is 0.268. The van der Waals surface area contributed by atoms with Gasteiger partial charge in [0.1, 0.15) is 10.1 Å². The summed E-state index contributed by atoms with van der Waals surface area (Å²) >= 11 is 1.45. The Morgan fingerprint density at radius 3 is 2.65 bits per heavy atom. The number of fused-ring (bicyclic) bond motifs is 1. The first-order chi connectivity index (χ1) is 9.74. The summed E-state index contributed by atoms with van der Waals surface area (Å²) in [6, 6.07) is 14.4. The Labute approximate surface area is 119 Å². The highest BCUT2D eigenvalue weighted by Gasteiger charge is 2.09. The third-order valence-electron chi connectivity index (χ3n) is 2.78. The minimum Gasteiger partial charge on any atom is -0.478 e. The third kappa shape index (κ3) is 2.48. The predicted molar refractivity (Wildman–Crippen MR) is 77.1 cm³/mol. The van der Waals surface area contributed by atoms with Crippen molar-refractivity contribution >= 4 is 28.6 Å². The van der Waals surface area contributed by atoms with Gasteiger partial charge in [0.2, 0.25) is 0 Å². The van der Waals surface area contributed by atoms with Crippen LogP contribution in [-0.2, 0) is 0 Å². The van der Waals surface area contributed by atoms with E-state index in [0.29, 0.717) is 10.9 Å². The molecule has 0 bridgehead atoms. The fraction of sp³-hybridized carbons (Fsp3) is 0. The molecule has 0 amide bonds. The van der Waals surface area contributed by atoms with Crippen molar-refractivity contribution in [3.8, 4) is 0 Å². The van der Waals surface area contributed by atoms with Crippen molar-refractivity contribution in [1.82, 2.24) is 9.97 Å². The van der Waals surface area contributed by atoms with Crippen LogP contribution in [0.2, 0.25) is 0 Å². The minimum atomic E-state index is -0.942. The van der Waals surface area contributed by atoms with E-state index in [1.54, 1.807) is 24.4 Å². The lowest BCUT2D eigenvalue weighted by Crippen LogP contribution is -1.98. The third-order valence-corrected chi connectivity index (χ3v) is 3.67. The molecule has 0 atom stereocenters. The van der Waals surface area contributed by atoms with Gasteiger partial charge in [0, 0.05) is 11.6 Å². The van der Waals surface area contributed by atoms with Crippen molar-refractivity contribution in [3.05, 3.63) is 60.3 Å². The van der Waals surface area contributed by atoms with Crippen LogP contribution in [-0.4, -0.2) is 21.0 Å². The molecule has 3 rings (SSSR count). The average molecular weight is 282 g/mol. The standard InChI is InChI=1S/C15H10N2O2S/c18-15(19)11-4-3-5-12-10(11)7-8-14(17-12)20-13-6-1-2-9-16-13/h1-9H,(H,18,19). The molecule has 0 aliphatic rings. The van der Waals surface area contributed by atoms with Gasteiger partial charge >= 0.3 is 5.97 Å². The zero-order valence-electron chi connectivity index (χ0n) is 10.4. The molecule has 2 aromatic heterocycles. The van der Waals surface area contributed by atoms with Crippen LogP contribution in [0.3, 0.4) is 0 Å². The monoisotopic (exact) mass is 282 g/mol. The van der Waals surface area contributed by atoms with Crippen LogP contribution in [0.25, 0.3) is 10.9 Å². The van der Waals surface area contributed by atoms with Gasteiger partial charge in [-0.15, -0.1) is 0 Å². The summed E-state index contributed by atoms with van der Waals surface area (Å²) in [5.74, 6) is -0.942. The Balaban J connectivity index is 2.01. The first-order valence-corrected chi connectivity index (χ1v) is 6.77. The van der Waals surface area contributed by atoms with Crippen molar-refractivity contribution in [3.63, 3.8) is 0 Å². The highest BCUT2D eigenvalue weighted by Crippen LogP contribution is 2.26. The Hall–Kier alpha value is -2.40. The van der Waals surface area contributed by atoms with Crippen molar-refractivity contribution in [2.45, 2.75) is 10.1 Å². The van der Waals surface area contributed by atoms with Crippen LogP contribution < -0.4 is 0 Å². The molecule has 0 radical (unpaired) electrons. The van der Waals surface area contributed by atoms with Gasteiger partial charge in [0.15, 0.2) is 0 Å². The van der Waals surface area contributed by atoms with E-state index in [2.05, 4.69) is 9.97 Å². The van der Waals surface area contributed by atoms with E-state index in [1.165, 1.54) is 11.8 Å². The first-order valence-electron chi connectivity index (χ1n) is 5.96. The van der Waals surface area contributed by atoms with Crippen LogP contribution in [0.15, 0.2) is 64.8 Å². The lowest BCUT2D eigenvalue weighted by atomic mass is 10.1. The Kier molecular flexibility index (Phi) is 3.35. The number of benzene rings is 1. The average Bonchev–Trinajstić information content (AvgIpc) is 2.47. The molecule has 0 spiro atoms. The molecule has 0 unspecified atom stereocenters. The normalized spacial score (nSPS) is 10.6. The molecular formula is C15H10N2O2S. The number of rotatable bonds is 3. The molecule has 2 heterocycles. The van der Waals surface area contributed by atoms with Gasteiger partial charge in [0.05, 0.1) is 11.1 Å². The van der Waals surface area contributed by atoms with Gasteiger partial charge < -0.3 is 5.11 Å². The molecule has 0 fully saturated rings. The molecule has 5 heteroatoms. The van der Waals surface area contributed by atoms with Crippen LogP contribution in [0.1, 0.15) is 10.4 Å². The number of aromatic carboxylic acids is 1. The second-order valence-corrected chi connectivity index (χ2v) is 5.14. The van der Waals surface area contributed by atoms with Gasteiger partial charge in [0.25, 0.3) is 0 Å². The van der Waals surface area contributed by atoms with E-state index in [-0.39, 0.29) is 5.56 Å². The largest absolute Gasteiger partial charge is 0.478 e. The van der Waals surface area contributed by atoms with E-state index in [9.17, 15) is 4.79 Å². The highest BCUT2D eigenvalue weighted by atomic mass is 32.2. The second-order valence-electron chi connectivity index (χ2n) is 4.10. The number of nitrogens with zero attached hydrogens (tertiary/aromatic N) is 2. The molecule has 4 nitrogen and oxygen atoms in total. The lowest BCUT2D eigenvalue weighted by molar-refractivity contribution is 0.0699. The van der Waals surface area contributed by atoms with Crippen LogP contribution >= 0.6 is 11.8 Å². The van der Waals surface area contributed by atoms with Crippen molar-refractivity contribution in [1.29, 1.82) is 0 Å². The first kappa shape index (κ1) is 12.6. The maximum atomic E-state index is 11.1. The Bertz CT molecular complexity index is 775. The van der Waals surface area contributed by atoms with Gasteiger partial charge in [-0.2, -0.15) is 0 Å². The number of aromatic nitrogens is 2. The van der Waals surface area contributed by atoms with Crippen LogP contribution in [0, 0.1) is 0 Å². The molecule has 98 valence electrons. The number of hydrogen-bond donors (Lipinski definition) is 1. The molecule has 0 aliphatic heterocycles. The number of carboxylic acids is 1. The number of hydrogen-bond acceptors (Lipinski definition) is 4. The van der Waals surface area contributed by atoms with E-state index < -0.39 is 5.97 Å². The number of carboxylic acid groups (broad SMARTS) is 1. The van der Waals surface area contributed by atoms with E-state index in [1.807, 2.05) is 30.3 Å². The smallest absolute Gasteiger partial charge is 0.336 e. The zero-order valence-corrected chi connectivity index (χ0v) is 11.2. The molecule has 20 heavy (non-hydrogen) atoms. The second kappa shape index (κ2) is 5.30. The summed E-state index contributed by atoms with van der Waals surface area (Å²) in [6.07, 6.45) is 1.73. The SMILES string of the molecule is O=C(O)c1cccc2nc(Sc3ccccn3)ccc12. The number of pyridine rings is 2. The molecule has 1 N–H and O–H groups in total. The van der Waals surface area contributed by atoms with Gasteiger partial charge in [-0.05, 0) is 36.4 Å². The van der Waals surface area contributed by atoms with Crippen molar-refractivity contribution < 1.29 is 9.90 Å². The highest BCUT2D eigenvalue weighted by molar-refractivity contribution is 7.99. The van der Waals surface area contributed by atoms with Gasteiger partial charge in [-0.25, -0.2) is 14.8 Å². The fourth-order valence-electron chi connectivity index (χ4n) is 1.89. The summed E-state index contributed by atoms with van der Waals surface area (Å²) in [5, 5.41) is 11.4. The van der Waals surface area contributed by atoms with Crippen molar-refractivity contribution in [2.75, 3.05) is 0 Å². The zero-order chi connectivity index (χ0) is 13.9. The lowest BCUT2D eigenvalue weighted by Gasteiger charge is -2.04. The molecule has 0 saturated heterocycles. The number of carbonyl (C=O) groups is 1. The van der Waals surface area contributed by atoms with E-state index >= 15 is 0 Å². The van der Waals surface area contributed by atoms with E-state index in [0.717, 1.165) is 10.1 Å². The maximum absolute atomic E-state index is 11.1. The summed E-state index contributed by atoms with van der Waals surface area (Å²) in [6.45, 7) is 0. The molecule has 3 aromatic rings. The topological polar surface area (TPSA) is 63.1 Å². The van der Waals surface area contributed by atoms with Gasteiger partial charge in [-0.3, -0.25) is 0 Å². The molecule has 0 aliphatic carbocycles. The summed E-state index contributed by atoms with van der Waals surface area (Å²) < 4.78 is 0. The summed E-state index contributed by atoms with van der Waals surface area (Å²) in [7, 11) is 0. The van der Waals surface area contributed by atoms with Crippen molar-refractivity contribution in [2.24, 2.45) is 0 Å². The molecule has 1 aromatic carbocycles. The van der Waals surface area contributed by atoms with E-state index in [4.69, 9.17) is 5.11 Å². The van der Waals surface area contributed by atoms with Crippen LogP contribution in [0.4, 0.5) is 0 Å². The fourth-order valence-corrected chi connectivity index (χ4v) is 2.65. The maximum Gasteiger partial charge on any atom is 0.336 e. The Morgan fingerprint density at radius 2 is 1.90 bits per heavy atom.